The van der Waals surface area contributed by atoms with Crippen molar-refractivity contribution in [3.63, 3.8) is 0 Å². The molecule has 0 aliphatic carbocycles. The molecule has 1 rings (SSSR count). The van der Waals surface area contributed by atoms with E-state index in [0.717, 1.165) is 24.4 Å². The zero-order valence-electron chi connectivity index (χ0n) is 8.72. The average molecular weight is 272 g/mol. The average Bonchev–Trinajstić information content (AvgIpc) is 2.30. The van der Waals surface area contributed by atoms with Crippen molar-refractivity contribution < 1.29 is 13.2 Å². The van der Waals surface area contributed by atoms with E-state index in [-0.39, 0.29) is 16.3 Å². The lowest BCUT2D eigenvalue weighted by molar-refractivity contribution is -0.137. The summed E-state index contributed by atoms with van der Waals surface area (Å²) < 4.78 is 37.0. The third-order valence-corrected chi connectivity index (χ3v) is 2.22. The van der Waals surface area contributed by atoms with Crippen molar-refractivity contribution in [3.05, 3.63) is 40.6 Å². The monoisotopic (exact) mass is 271 g/mol. The second-order valence-electron chi connectivity index (χ2n) is 3.12. The number of nitrogens with zero attached hydrogens (tertiary/aromatic N) is 2. The van der Waals surface area contributed by atoms with Gasteiger partial charge >= 0.3 is 6.18 Å². The van der Waals surface area contributed by atoms with Gasteiger partial charge in [0.05, 0.1) is 16.3 Å². The molecule has 1 N–H and O–H groups in total. The lowest BCUT2D eigenvalue weighted by Gasteiger charge is -2.09. The van der Waals surface area contributed by atoms with Crippen molar-refractivity contribution in [3.8, 4) is 12.1 Å². The van der Waals surface area contributed by atoms with Crippen LogP contribution in [0.3, 0.4) is 0 Å². The molecule has 0 spiro atoms. The van der Waals surface area contributed by atoms with Crippen LogP contribution in [0.2, 0.25) is 5.02 Å². The van der Waals surface area contributed by atoms with Crippen LogP contribution >= 0.6 is 11.6 Å². The van der Waals surface area contributed by atoms with Crippen LogP contribution in [0.4, 0.5) is 18.9 Å². The van der Waals surface area contributed by atoms with Crippen LogP contribution in [0.1, 0.15) is 5.56 Å². The Kier molecular flexibility index (Phi) is 4.19. The van der Waals surface area contributed by atoms with E-state index in [1.54, 1.807) is 12.1 Å². The third kappa shape index (κ3) is 3.41. The molecule has 0 radical (unpaired) electrons. The Morgan fingerprint density at radius 2 is 1.89 bits per heavy atom. The summed E-state index contributed by atoms with van der Waals surface area (Å²) in [6.07, 6.45) is -3.41. The molecule has 0 saturated heterocycles. The number of allylic oxidation sites excluding steroid dienone is 1. The Morgan fingerprint density at radius 3 is 2.33 bits per heavy atom. The highest BCUT2D eigenvalue weighted by atomic mass is 35.5. The highest BCUT2D eigenvalue weighted by molar-refractivity contribution is 6.33. The molecule has 0 unspecified atom stereocenters. The molecule has 0 aliphatic heterocycles. The zero-order chi connectivity index (χ0) is 13.8. The number of benzene rings is 1. The Labute approximate surface area is 106 Å². The minimum absolute atomic E-state index is 0.156. The van der Waals surface area contributed by atoms with Crippen molar-refractivity contribution in [1.82, 2.24) is 0 Å². The number of nitriles is 2. The van der Waals surface area contributed by atoms with Crippen LogP contribution in [-0.4, -0.2) is 0 Å². The minimum atomic E-state index is -4.47. The van der Waals surface area contributed by atoms with Gasteiger partial charge in [0.1, 0.15) is 17.7 Å². The largest absolute Gasteiger partial charge is 0.416 e. The first-order valence-electron chi connectivity index (χ1n) is 4.52. The van der Waals surface area contributed by atoms with Crippen LogP contribution in [0.25, 0.3) is 0 Å². The van der Waals surface area contributed by atoms with Gasteiger partial charge in [-0.2, -0.15) is 23.7 Å². The van der Waals surface area contributed by atoms with Crippen LogP contribution in [0.15, 0.2) is 30.0 Å². The van der Waals surface area contributed by atoms with Gasteiger partial charge in [-0.15, -0.1) is 0 Å². The Balaban J connectivity index is 2.99. The number of nitrogens with one attached hydrogen (secondary N) is 1. The fourth-order valence-electron chi connectivity index (χ4n) is 1.05. The van der Waals surface area contributed by atoms with E-state index in [0.29, 0.717) is 0 Å². The molecule has 0 amide bonds. The molecule has 92 valence electrons. The van der Waals surface area contributed by atoms with Crippen molar-refractivity contribution in [2.45, 2.75) is 6.18 Å². The third-order valence-electron chi connectivity index (χ3n) is 1.91. The van der Waals surface area contributed by atoms with Crippen LogP contribution < -0.4 is 5.32 Å². The predicted octanol–water partition coefficient (Wildman–Crippen LogP) is 3.70. The maximum absolute atomic E-state index is 12.3. The number of halogens is 4. The molecule has 7 heteroatoms. The summed E-state index contributed by atoms with van der Waals surface area (Å²) in [5, 5.41) is 19.3. The first-order valence-corrected chi connectivity index (χ1v) is 4.90. The molecule has 1 aromatic rings. The summed E-state index contributed by atoms with van der Waals surface area (Å²) in [7, 11) is 0. The molecule has 0 saturated carbocycles. The highest BCUT2D eigenvalue weighted by Gasteiger charge is 2.30. The molecule has 0 atom stereocenters. The summed E-state index contributed by atoms with van der Waals surface area (Å²) in [6.45, 7) is 0. The predicted molar refractivity (Wildman–Crippen MR) is 59.4 cm³/mol. The van der Waals surface area contributed by atoms with Gasteiger partial charge in [-0.3, -0.25) is 0 Å². The quantitative estimate of drug-likeness (QED) is 0.834. The van der Waals surface area contributed by atoms with E-state index in [9.17, 15) is 13.2 Å². The second kappa shape index (κ2) is 5.44. The van der Waals surface area contributed by atoms with E-state index >= 15 is 0 Å². The van der Waals surface area contributed by atoms with Gasteiger partial charge < -0.3 is 5.32 Å². The fraction of sp³-hybridized carbons (Fsp3) is 0.0909. The minimum Gasteiger partial charge on any atom is -0.359 e. The Hall–Kier alpha value is -2.18. The van der Waals surface area contributed by atoms with Gasteiger partial charge in [-0.1, -0.05) is 11.6 Å². The van der Waals surface area contributed by atoms with Gasteiger partial charge in [0, 0.05) is 6.20 Å². The number of anilines is 1. The summed E-state index contributed by atoms with van der Waals surface area (Å²) in [4.78, 5) is 0. The molecule has 0 fully saturated rings. The number of rotatable bonds is 2. The zero-order valence-corrected chi connectivity index (χ0v) is 9.47. The first kappa shape index (κ1) is 13.9. The number of hydrogen-bond acceptors (Lipinski definition) is 3. The molecular weight excluding hydrogens is 267 g/mol. The van der Waals surface area contributed by atoms with Crippen molar-refractivity contribution in [2.75, 3.05) is 5.32 Å². The summed E-state index contributed by atoms with van der Waals surface area (Å²) >= 11 is 5.65. The van der Waals surface area contributed by atoms with Crippen molar-refractivity contribution in [1.29, 1.82) is 10.5 Å². The number of alkyl halides is 3. The second-order valence-corrected chi connectivity index (χ2v) is 3.53. The SMILES string of the molecule is N#CC(C#N)=CNc1ccc(C(F)(F)F)cc1Cl. The van der Waals surface area contributed by atoms with Crippen molar-refractivity contribution in [2.24, 2.45) is 0 Å². The maximum atomic E-state index is 12.3. The summed E-state index contributed by atoms with van der Waals surface area (Å²) in [5.41, 5.74) is -0.915. The fourth-order valence-corrected chi connectivity index (χ4v) is 1.28. The van der Waals surface area contributed by atoms with E-state index < -0.39 is 11.7 Å². The lowest BCUT2D eigenvalue weighted by Crippen LogP contribution is -2.05. The Bertz CT molecular complexity index is 548. The summed E-state index contributed by atoms with van der Waals surface area (Å²) in [6, 6.07) is 5.91. The van der Waals surface area contributed by atoms with Gasteiger partial charge in [0.25, 0.3) is 0 Å². The molecule has 0 aromatic heterocycles. The smallest absolute Gasteiger partial charge is 0.359 e. The molecule has 1 aromatic carbocycles. The molecule has 0 aliphatic rings. The molecule has 18 heavy (non-hydrogen) atoms. The van der Waals surface area contributed by atoms with Crippen LogP contribution in [0, 0.1) is 22.7 Å². The van der Waals surface area contributed by atoms with E-state index in [2.05, 4.69) is 5.32 Å². The van der Waals surface area contributed by atoms with E-state index in [4.69, 9.17) is 22.1 Å². The topological polar surface area (TPSA) is 59.6 Å². The molecule has 0 heterocycles. The van der Waals surface area contributed by atoms with E-state index in [1.807, 2.05) is 0 Å². The first-order chi connectivity index (χ1) is 8.38. The van der Waals surface area contributed by atoms with Gasteiger partial charge in [0.2, 0.25) is 0 Å². The standard InChI is InChI=1S/C11H5ClF3N3/c12-9-3-8(11(13,14)15)1-2-10(9)18-6-7(4-16)5-17/h1-3,6,18H. The van der Waals surface area contributed by atoms with Crippen LogP contribution in [0.5, 0.6) is 0 Å². The molecule has 0 bridgehead atoms. The van der Waals surface area contributed by atoms with Crippen LogP contribution in [-0.2, 0) is 6.18 Å². The van der Waals surface area contributed by atoms with E-state index in [1.165, 1.54) is 0 Å². The molecule has 3 nitrogen and oxygen atoms in total. The van der Waals surface area contributed by atoms with Crippen molar-refractivity contribution >= 4 is 17.3 Å². The summed E-state index contributed by atoms with van der Waals surface area (Å²) in [5.74, 6) is 0. The van der Waals surface area contributed by atoms with Gasteiger partial charge in [-0.25, -0.2) is 0 Å². The highest BCUT2D eigenvalue weighted by Crippen LogP contribution is 2.33. The number of hydrogen-bond donors (Lipinski definition) is 1. The van der Waals surface area contributed by atoms with Gasteiger partial charge in [0.15, 0.2) is 0 Å². The maximum Gasteiger partial charge on any atom is 0.416 e. The lowest BCUT2D eigenvalue weighted by atomic mass is 10.2. The Morgan fingerprint density at radius 1 is 1.28 bits per heavy atom. The normalized spacial score (nSPS) is 10.1. The molecular formula is C11H5ClF3N3. The van der Waals surface area contributed by atoms with Gasteiger partial charge in [-0.05, 0) is 18.2 Å².